The van der Waals surface area contributed by atoms with Gasteiger partial charge in [-0.1, -0.05) is 0 Å². The van der Waals surface area contributed by atoms with Crippen molar-refractivity contribution in [2.45, 2.75) is 5.51 Å². The first kappa shape index (κ1) is 12.7. The van der Waals surface area contributed by atoms with Gasteiger partial charge >= 0.3 is 46.3 Å². The van der Waals surface area contributed by atoms with E-state index in [0.717, 1.165) is 0 Å². The summed E-state index contributed by atoms with van der Waals surface area (Å²) in [5.74, 6) is 0. The average Bonchev–Trinajstić information content (AvgIpc) is 1.25. The van der Waals surface area contributed by atoms with Crippen LogP contribution in [0.15, 0.2) is 0 Å². The Bertz CT molecular complexity index is 168. The summed E-state index contributed by atoms with van der Waals surface area (Å²) < 4.78 is 58.9. The molecule has 0 heterocycles. The molecule has 9 heavy (non-hydrogen) atoms. The molecule has 0 rings (SSSR count). The van der Waals surface area contributed by atoms with Crippen molar-refractivity contribution in [3.8, 4) is 0 Å². The maximum absolute atomic E-state index is 10.7. The SMILES string of the molecule is O=S(=O)([O-])C(F)(F)F.[Nd+3]. The first-order valence-corrected chi connectivity index (χ1v) is 2.68. The molecule has 0 saturated carbocycles. The molecule has 0 aromatic heterocycles. The van der Waals surface area contributed by atoms with Gasteiger partial charge in [0.25, 0.3) is 0 Å². The quantitative estimate of drug-likeness (QED) is 0.468. The van der Waals surface area contributed by atoms with Crippen molar-refractivity contribution >= 4 is 10.1 Å². The first-order chi connectivity index (χ1) is 3.25. The zero-order valence-electron chi connectivity index (χ0n) is 3.77. The van der Waals surface area contributed by atoms with Gasteiger partial charge in [-0.2, -0.15) is 13.2 Å². The van der Waals surface area contributed by atoms with Crippen molar-refractivity contribution in [1.82, 2.24) is 0 Å². The van der Waals surface area contributed by atoms with E-state index < -0.39 is 15.6 Å². The third-order valence-electron chi connectivity index (χ3n) is 0.283. The third kappa shape index (κ3) is 4.45. The van der Waals surface area contributed by atoms with Gasteiger partial charge < -0.3 is 4.55 Å². The van der Waals surface area contributed by atoms with Crippen molar-refractivity contribution in [2.24, 2.45) is 0 Å². The summed E-state index contributed by atoms with van der Waals surface area (Å²) in [5.41, 5.74) is -5.65. The van der Waals surface area contributed by atoms with Crippen LogP contribution in [0.25, 0.3) is 0 Å². The minimum Gasteiger partial charge on any atom is -0.741 e. The summed E-state index contributed by atoms with van der Waals surface area (Å²) >= 11 is 0. The average molecular weight is 293 g/mol. The Kier molecular flexibility index (Phi) is 4.86. The monoisotopic (exact) mass is 291 g/mol. The molecular formula is CF3NdO3S+2. The van der Waals surface area contributed by atoms with Crippen LogP contribution in [-0.4, -0.2) is 18.5 Å². The van der Waals surface area contributed by atoms with Crippen LogP contribution in [0, 0.1) is 40.8 Å². The first-order valence-electron chi connectivity index (χ1n) is 1.27. The van der Waals surface area contributed by atoms with Crippen LogP contribution in [0.3, 0.4) is 0 Å². The number of hydrogen-bond donors (Lipinski definition) is 0. The Labute approximate surface area is 81.9 Å². The zero-order chi connectivity index (χ0) is 7.00. The van der Waals surface area contributed by atoms with Crippen molar-refractivity contribution in [3.63, 3.8) is 0 Å². The normalized spacial score (nSPS) is 12.4. The van der Waals surface area contributed by atoms with Crippen molar-refractivity contribution in [3.05, 3.63) is 0 Å². The standard InChI is InChI=1S/CHF3O3S.Nd/c2-1(3,4)8(5,6)7;/h(H,5,6,7);/q;+3/p-1. The molecule has 0 unspecified atom stereocenters. The van der Waals surface area contributed by atoms with Crippen LogP contribution in [0.1, 0.15) is 0 Å². The minimum atomic E-state index is -6.09. The van der Waals surface area contributed by atoms with E-state index in [1.807, 2.05) is 0 Å². The van der Waals surface area contributed by atoms with E-state index in [1.165, 1.54) is 0 Å². The second kappa shape index (κ2) is 3.44. The maximum Gasteiger partial charge on any atom is 3.00 e. The molecule has 1 radical (unpaired) electrons. The molecule has 0 spiro atoms. The van der Waals surface area contributed by atoms with Gasteiger partial charge in [-0.15, -0.1) is 0 Å². The van der Waals surface area contributed by atoms with Crippen LogP contribution >= 0.6 is 0 Å². The van der Waals surface area contributed by atoms with E-state index in [2.05, 4.69) is 0 Å². The number of halogens is 3. The predicted octanol–water partition coefficient (Wildman–Crippen LogP) is 0.0514. The van der Waals surface area contributed by atoms with E-state index >= 15 is 0 Å². The van der Waals surface area contributed by atoms with Gasteiger partial charge in [0.05, 0.1) is 0 Å². The van der Waals surface area contributed by atoms with Crippen molar-refractivity contribution in [1.29, 1.82) is 0 Å². The predicted molar refractivity (Wildman–Crippen MR) is 15.8 cm³/mol. The van der Waals surface area contributed by atoms with Crippen molar-refractivity contribution in [2.75, 3.05) is 0 Å². The second-order valence-corrected chi connectivity index (χ2v) is 2.27. The van der Waals surface area contributed by atoms with E-state index in [0.29, 0.717) is 0 Å². The van der Waals surface area contributed by atoms with Gasteiger partial charge in [0.15, 0.2) is 10.1 Å². The molecule has 0 aromatic rings. The fourth-order valence-electron chi connectivity index (χ4n) is 0. The minimum absolute atomic E-state index is 0. The van der Waals surface area contributed by atoms with Crippen LogP contribution in [0.5, 0.6) is 0 Å². The summed E-state index contributed by atoms with van der Waals surface area (Å²) in [6.07, 6.45) is 0. The summed E-state index contributed by atoms with van der Waals surface area (Å²) in [6.45, 7) is 0. The molecule has 0 bridgehead atoms. The Morgan fingerprint density at radius 2 is 1.33 bits per heavy atom. The van der Waals surface area contributed by atoms with E-state index in [-0.39, 0.29) is 40.8 Å². The van der Waals surface area contributed by atoms with Gasteiger partial charge in [-0.25, -0.2) is 8.42 Å². The Morgan fingerprint density at radius 3 is 1.33 bits per heavy atom. The molecule has 0 aliphatic rings. The Balaban J connectivity index is 0. The number of hydrogen-bond acceptors (Lipinski definition) is 3. The van der Waals surface area contributed by atoms with Crippen LogP contribution in [-0.2, 0) is 10.1 Å². The molecule has 0 aliphatic heterocycles. The fourth-order valence-corrected chi connectivity index (χ4v) is 0. The third-order valence-corrected chi connectivity index (χ3v) is 0.850. The Morgan fingerprint density at radius 1 is 1.22 bits per heavy atom. The zero-order valence-corrected chi connectivity index (χ0v) is 7.79. The van der Waals surface area contributed by atoms with Gasteiger partial charge in [-0.3, -0.25) is 0 Å². The molecule has 0 N–H and O–H groups in total. The molecule has 0 amide bonds. The molecule has 0 fully saturated rings. The topological polar surface area (TPSA) is 57.2 Å². The van der Waals surface area contributed by atoms with E-state index in [9.17, 15) is 13.2 Å². The fraction of sp³-hybridized carbons (Fsp3) is 1.00. The van der Waals surface area contributed by atoms with Gasteiger partial charge in [0.1, 0.15) is 0 Å². The van der Waals surface area contributed by atoms with Crippen molar-refractivity contribution < 1.29 is 67.0 Å². The van der Waals surface area contributed by atoms with Gasteiger partial charge in [0.2, 0.25) is 0 Å². The van der Waals surface area contributed by atoms with E-state index in [1.54, 1.807) is 0 Å². The molecule has 8 heteroatoms. The van der Waals surface area contributed by atoms with Gasteiger partial charge in [0, 0.05) is 0 Å². The molecular weight excluding hydrogens is 293 g/mol. The molecule has 51 valence electrons. The van der Waals surface area contributed by atoms with Crippen LogP contribution < -0.4 is 0 Å². The summed E-state index contributed by atoms with van der Waals surface area (Å²) in [6, 6.07) is 0. The number of alkyl halides is 3. The summed E-state index contributed by atoms with van der Waals surface area (Å²) in [4.78, 5) is 0. The smallest absolute Gasteiger partial charge is 0.741 e. The summed E-state index contributed by atoms with van der Waals surface area (Å²) in [5, 5.41) is 0. The second-order valence-electron chi connectivity index (χ2n) is 0.900. The van der Waals surface area contributed by atoms with Crippen LogP contribution in [0.4, 0.5) is 13.2 Å². The Hall–Kier alpha value is 1.05. The van der Waals surface area contributed by atoms with E-state index in [4.69, 9.17) is 13.0 Å². The molecule has 3 nitrogen and oxygen atoms in total. The van der Waals surface area contributed by atoms with Crippen LogP contribution in [0.2, 0.25) is 0 Å². The maximum atomic E-state index is 10.7. The largest absolute Gasteiger partial charge is 3.00 e. The van der Waals surface area contributed by atoms with Gasteiger partial charge in [-0.05, 0) is 0 Å². The molecule has 0 atom stereocenters. The molecule has 0 aliphatic carbocycles. The summed E-state index contributed by atoms with van der Waals surface area (Å²) in [7, 11) is -6.09. The molecule has 0 aromatic carbocycles. The molecule has 0 saturated heterocycles. The number of rotatable bonds is 0.